The van der Waals surface area contributed by atoms with Crippen LogP contribution in [-0.2, 0) is 9.31 Å². The second-order valence-electron chi connectivity index (χ2n) is 6.28. The molecule has 1 aromatic heterocycles. The van der Waals surface area contributed by atoms with E-state index >= 15 is 0 Å². The molecule has 3 N–H and O–H groups in total. The minimum atomic E-state index is -0.641. The highest BCUT2D eigenvalue weighted by molar-refractivity contribution is 6.55. The zero-order valence-corrected chi connectivity index (χ0v) is 13.3. The molecule has 1 fully saturated rings. The van der Waals surface area contributed by atoms with Crippen LogP contribution in [0.1, 0.15) is 38.8 Å². The number of rotatable bonds is 3. The van der Waals surface area contributed by atoms with Gasteiger partial charge >= 0.3 is 7.12 Å². The maximum Gasteiger partial charge on any atom is 0.492 e. The van der Waals surface area contributed by atoms with Crippen molar-refractivity contribution in [3.63, 3.8) is 0 Å². The molecule has 0 unspecified atom stereocenters. The average Bonchev–Trinajstić information content (AvgIpc) is 2.66. The molecule has 0 radical (unpaired) electrons. The van der Waals surface area contributed by atoms with Gasteiger partial charge < -0.3 is 20.1 Å². The first-order chi connectivity index (χ1) is 10.2. The van der Waals surface area contributed by atoms with Gasteiger partial charge in [0.05, 0.1) is 23.4 Å². The molecule has 0 saturated carbocycles. The summed E-state index contributed by atoms with van der Waals surface area (Å²) >= 11 is 0. The summed E-state index contributed by atoms with van der Waals surface area (Å²) in [5, 5.41) is 18.6. The summed E-state index contributed by atoms with van der Waals surface area (Å²) in [6.45, 7) is 7.56. The summed E-state index contributed by atoms with van der Waals surface area (Å²) in [7, 11) is -0.641. The number of nitrogens with two attached hydrogens (primary N) is 1. The van der Waals surface area contributed by atoms with Gasteiger partial charge in [-0.3, -0.25) is 0 Å². The molecule has 1 aliphatic heterocycles. The fourth-order valence-corrected chi connectivity index (χ4v) is 2.06. The van der Waals surface area contributed by atoms with E-state index in [0.29, 0.717) is 16.6 Å². The summed E-state index contributed by atoms with van der Waals surface area (Å²) in [5.41, 5.74) is 6.15. The highest BCUT2D eigenvalue weighted by atomic mass is 16.7. The number of hydrogen-bond acceptors (Lipinski definition) is 6. The molecule has 22 heavy (non-hydrogen) atoms. The molecule has 0 bridgehead atoms. The number of aliphatic hydroxyl groups is 1. The van der Waals surface area contributed by atoms with Crippen molar-refractivity contribution in [1.29, 1.82) is 5.26 Å². The molecule has 116 valence electrons. The smallest absolute Gasteiger partial charge is 0.400 e. The van der Waals surface area contributed by atoms with Gasteiger partial charge in [-0.15, -0.1) is 0 Å². The molecule has 0 amide bonds. The van der Waals surface area contributed by atoms with Crippen molar-refractivity contribution in [3.8, 4) is 6.07 Å². The molecule has 7 heteroatoms. The van der Waals surface area contributed by atoms with E-state index in [2.05, 4.69) is 4.98 Å². The molecule has 0 spiro atoms. The highest BCUT2D eigenvalue weighted by Gasteiger charge is 2.52. The number of aliphatic hydroxyl groups excluding tert-OH is 1. The van der Waals surface area contributed by atoms with Gasteiger partial charge in [0.2, 0.25) is 0 Å². The Morgan fingerprint density at radius 3 is 2.50 bits per heavy atom. The quantitative estimate of drug-likeness (QED) is 0.821. The summed E-state index contributed by atoms with van der Waals surface area (Å²) in [5.74, 6) is 0.181. The van der Waals surface area contributed by atoms with Gasteiger partial charge in [0.1, 0.15) is 11.9 Å². The number of hydrogen-bond donors (Lipinski definition) is 2. The zero-order chi connectivity index (χ0) is 16.5. The number of nitrogen functional groups attached to an aromatic ring is 1. The number of aromatic nitrogens is 1. The van der Waals surface area contributed by atoms with Crippen molar-refractivity contribution < 1.29 is 14.4 Å². The summed E-state index contributed by atoms with van der Waals surface area (Å²) in [4.78, 5) is 3.97. The predicted octanol–water partition coefficient (Wildman–Crippen LogP) is 1.54. The largest absolute Gasteiger partial charge is 0.492 e. The first-order valence-corrected chi connectivity index (χ1v) is 7.03. The number of nitriles is 1. The van der Waals surface area contributed by atoms with Crippen molar-refractivity contribution >= 4 is 19.0 Å². The third kappa shape index (κ3) is 3.00. The average molecular weight is 301 g/mol. The number of nitrogens with zero attached hydrogens (tertiary/aromatic N) is 2. The van der Waals surface area contributed by atoms with Crippen LogP contribution in [0, 0.1) is 11.3 Å². The third-order valence-corrected chi connectivity index (χ3v) is 4.15. The zero-order valence-electron chi connectivity index (χ0n) is 13.3. The Hall–Kier alpha value is -1.88. The summed E-state index contributed by atoms with van der Waals surface area (Å²) in [6.07, 6.45) is 3.24. The van der Waals surface area contributed by atoms with E-state index in [1.54, 1.807) is 12.1 Å². The fraction of sp³-hybridized carbons (Fsp3) is 0.467. The lowest BCUT2D eigenvalue weighted by molar-refractivity contribution is 0.00578. The molecule has 0 aromatic carbocycles. The van der Waals surface area contributed by atoms with Gasteiger partial charge in [-0.2, -0.15) is 5.26 Å². The van der Waals surface area contributed by atoms with Gasteiger partial charge in [-0.25, -0.2) is 4.98 Å². The maximum atomic E-state index is 9.63. The molecule has 2 rings (SSSR count). The van der Waals surface area contributed by atoms with E-state index in [1.807, 2.05) is 33.8 Å². The summed E-state index contributed by atoms with van der Waals surface area (Å²) < 4.78 is 11.8. The minimum absolute atomic E-state index is 0.181. The number of pyridine rings is 1. The van der Waals surface area contributed by atoms with Crippen molar-refractivity contribution in [3.05, 3.63) is 28.9 Å². The van der Waals surface area contributed by atoms with Crippen LogP contribution < -0.4 is 5.73 Å². The third-order valence-electron chi connectivity index (χ3n) is 4.15. The topological polar surface area (TPSA) is 101 Å². The van der Waals surface area contributed by atoms with E-state index < -0.39 is 18.3 Å². The lowest BCUT2D eigenvalue weighted by Crippen LogP contribution is -2.41. The lowest BCUT2D eigenvalue weighted by Gasteiger charge is -2.32. The molecule has 1 aliphatic rings. The Bertz CT molecular complexity index is 634. The SMILES string of the molecule is CC1(C)OB(C(=Cc2cnc(N)c(C#N)c2)CO)OC1(C)C. The van der Waals surface area contributed by atoms with Crippen molar-refractivity contribution in [2.24, 2.45) is 0 Å². The fourth-order valence-electron chi connectivity index (χ4n) is 2.06. The standard InChI is InChI=1S/C15H20BN3O3/c1-14(2)15(3,4)22-16(21-14)12(9-20)6-10-5-11(7-17)13(18)19-8-10/h5-6,8,20H,9H2,1-4H3,(H2,18,19). The van der Waals surface area contributed by atoms with E-state index in [1.165, 1.54) is 6.20 Å². The molecule has 6 nitrogen and oxygen atoms in total. The van der Waals surface area contributed by atoms with Crippen LogP contribution in [0.25, 0.3) is 6.08 Å². The maximum absolute atomic E-state index is 9.63. The van der Waals surface area contributed by atoms with Gasteiger partial charge in [0.25, 0.3) is 0 Å². The lowest BCUT2D eigenvalue weighted by atomic mass is 9.77. The van der Waals surface area contributed by atoms with Crippen LogP contribution in [0.4, 0.5) is 5.82 Å². The Labute approximate surface area is 130 Å². The van der Waals surface area contributed by atoms with Crippen LogP contribution in [0.15, 0.2) is 17.7 Å². The first-order valence-electron chi connectivity index (χ1n) is 7.03. The molecular formula is C15H20BN3O3. The Morgan fingerprint density at radius 1 is 1.41 bits per heavy atom. The second-order valence-corrected chi connectivity index (χ2v) is 6.28. The Kier molecular flexibility index (Phi) is 4.29. The van der Waals surface area contributed by atoms with Crippen molar-refractivity contribution in [2.45, 2.75) is 38.9 Å². The van der Waals surface area contributed by atoms with Gasteiger partial charge in [-0.05, 0) is 44.8 Å². The highest BCUT2D eigenvalue weighted by Crippen LogP contribution is 2.38. The monoisotopic (exact) mass is 301 g/mol. The Morgan fingerprint density at radius 2 is 2.00 bits per heavy atom. The summed E-state index contributed by atoms with van der Waals surface area (Å²) in [6, 6.07) is 3.60. The van der Waals surface area contributed by atoms with Crippen molar-refractivity contribution in [1.82, 2.24) is 4.98 Å². The molecular weight excluding hydrogens is 281 g/mol. The van der Waals surface area contributed by atoms with E-state index in [0.717, 1.165) is 0 Å². The van der Waals surface area contributed by atoms with Crippen LogP contribution >= 0.6 is 0 Å². The van der Waals surface area contributed by atoms with E-state index in [-0.39, 0.29) is 12.4 Å². The second kappa shape index (κ2) is 5.73. The van der Waals surface area contributed by atoms with Crippen molar-refractivity contribution in [2.75, 3.05) is 12.3 Å². The first kappa shape index (κ1) is 16.5. The minimum Gasteiger partial charge on any atom is -0.400 e. The van der Waals surface area contributed by atoms with Crippen LogP contribution in [0.5, 0.6) is 0 Å². The van der Waals surface area contributed by atoms with Gasteiger partial charge in [0, 0.05) is 6.20 Å². The number of anilines is 1. The van der Waals surface area contributed by atoms with Crippen LogP contribution in [0.2, 0.25) is 0 Å². The molecule has 0 atom stereocenters. The molecule has 1 aromatic rings. The predicted molar refractivity (Wildman–Crippen MR) is 84.5 cm³/mol. The molecule has 1 saturated heterocycles. The Balaban J connectivity index is 2.32. The van der Waals surface area contributed by atoms with Crippen LogP contribution in [-0.4, -0.2) is 35.0 Å². The normalized spacial score (nSPS) is 20.0. The van der Waals surface area contributed by atoms with Crippen LogP contribution in [0.3, 0.4) is 0 Å². The molecule has 2 heterocycles. The van der Waals surface area contributed by atoms with E-state index in [4.69, 9.17) is 20.3 Å². The van der Waals surface area contributed by atoms with Gasteiger partial charge in [-0.1, -0.05) is 6.08 Å². The molecule has 0 aliphatic carbocycles. The van der Waals surface area contributed by atoms with Gasteiger partial charge in [0.15, 0.2) is 0 Å². The van der Waals surface area contributed by atoms with E-state index in [9.17, 15) is 5.11 Å².